The Kier molecular flexibility index (Phi) is 3.83. The minimum atomic E-state index is -1.25. The van der Waals surface area contributed by atoms with Gasteiger partial charge in [-0.1, -0.05) is 0 Å². The van der Waals surface area contributed by atoms with Crippen LogP contribution in [0.3, 0.4) is 0 Å². The van der Waals surface area contributed by atoms with E-state index in [0.29, 0.717) is 0 Å². The molecule has 0 aromatic carbocycles. The lowest BCUT2D eigenvalue weighted by Gasteiger charge is -2.22. The van der Waals surface area contributed by atoms with Crippen molar-refractivity contribution in [3.05, 3.63) is 0 Å². The van der Waals surface area contributed by atoms with Crippen LogP contribution in [0, 0.1) is 11.8 Å². The van der Waals surface area contributed by atoms with Gasteiger partial charge in [0.1, 0.15) is 11.6 Å². The van der Waals surface area contributed by atoms with Crippen LogP contribution in [0.1, 0.15) is 27.2 Å². The summed E-state index contributed by atoms with van der Waals surface area (Å²) >= 11 is 0. The van der Waals surface area contributed by atoms with E-state index in [2.05, 4.69) is 5.32 Å². The van der Waals surface area contributed by atoms with Gasteiger partial charge in [0, 0.05) is 5.92 Å². The van der Waals surface area contributed by atoms with Crippen LogP contribution in [0.2, 0.25) is 0 Å². The Balaban J connectivity index is 2.58. The fourth-order valence-corrected chi connectivity index (χ4v) is 1.65. The Morgan fingerprint density at radius 1 is 1.28 bits per heavy atom. The fraction of sp³-hybridized carbons (Fsp3) is 0.727. The molecule has 1 saturated carbocycles. The van der Waals surface area contributed by atoms with E-state index in [4.69, 9.17) is 14.9 Å². The second kappa shape index (κ2) is 4.83. The zero-order valence-corrected chi connectivity index (χ0v) is 10.5. The first-order chi connectivity index (χ1) is 8.11. The third-order valence-corrected chi connectivity index (χ3v) is 2.52. The molecule has 1 rings (SSSR count). The molecule has 1 amide bonds. The lowest BCUT2D eigenvalue weighted by atomic mass is 10.1. The molecule has 18 heavy (non-hydrogen) atoms. The monoisotopic (exact) mass is 259 g/mol. The average Bonchev–Trinajstić information content (AvgIpc) is 2.89. The van der Waals surface area contributed by atoms with Gasteiger partial charge in [0.25, 0.3) is 0 Å². The molecule has 102 valence electrons. The van der Waals surface area contributed by atoms with Crippen molar-refractivity contribution in [1.29, 1.82) is 0 Å². The van der Waals surface area contributed by atoms with Crippen LogP contribution >= 0.6 is 0 Å². The molecule has 0 radical (unpaired) electrons. The molecule has 0 aromatic rings. The summed E-state index contributed by atoms with van der Waals surface area (Å²) in [6.07, 6.45) is -0.604. The zero-order chi connectivity index (χ0) is 14.1. The molecule has 1 fully saturated rings. The van der Waals surface area contributed by atoms with Crippen LogP contribution in [0.15, 0.2) is 0 Å². The van der Waals surface area contributed by atoms with Gasteiger partial charge in [0.2, 0.25) is 0 Å². The Hall–Kier alpha value is -1.79. The first-order valence-electron chi connectivity index (χ1n) is 5.57. The first-order valence-corrected chi connectivity index (χ1v) is 5.57. The van der Waals surface area contributed by atoms with E-state index in [1.54, 1.807) is 20.8 Å². The average molecular weight is 259 g/mol. The SMILES string of the molecule is CC(C)(C)OC(=O)N[C@H](C(=O)O)[C@@H]1C[C@@H]1C(=O)O. The Morgan fingerprint density at radius 3 is 2.17 bits per heavy atom. The maximum atomic E-state index is 11.4. The van der Waals surface area contributed by atoms with Gasteiger partial charge in [-0.15, -0.1) is 0 Å². The van der Waals surface area contributed by atoms with E-state index >= 15 is 0 Å². The predicted octanol–water partition coefficient (Wildman–Crippen LogP) is 0.685. The van der Waals surface area contributed by atoms with Crippen LogP contribution in [0.4, 0.5) is 4.79 Å². The lowest BCUT2D eigenvalue weighted by molar-refractivity contribution is -0.141. The van der Waals surface area contributed by atoms with Crippen LogP contribution in [-0.4, -0.2) is 39.9 Å². The van der Waals surface area contributed by atoms with Crippen molar-refractivity contribution in [2.75, 3.05) is 0 Å². The molecular weight excluding hydrogens is 242 g/mol. The van der Waals surface area contributed by atoms with E-state index in [-0.39, 0.29) is 6.42 Å². The van der Waals surface area contributed by atoms with E-state index in [1.165, 1.54) is 0 Å². The summed E-state index contributed by atoms with van der Waals surface area (Å²) in [5, 5.41) is 19.9. The minimum Gasteiger partial charge on any atom is -0.481 e. The van der Waals surface area contributed by atoms with E-state index in [9.17, 15) is 14.4 Å². The number of hydrogen-bond donors (Lipinski definition) is 3. The molecule has 0 unspecified atom stereocenters. The maximum absolute atomic E-state index is 11.4. The Bertz CT molecular complexity index is 372. The van der Waals surface area contributed by atoms with Gasteiger partial charge in [-0.05, 0) is 27.2 Å². The summed E-state index contributed by atoms with van der Waals surface area (Å²) in [6.45, 7) is 4.96. The molecule has 0 bridgehead atoms. The molecule has 0 saturated heterocycles. The van der Waals surface area contributed by atoms with E-state index < -0.39 is 41.5 Å². The van der Waals surface area contributed by atoms with Gasteiger partial charge in [0.05, 0.1) is 5.92 Å². The fourth-order valence-electron chi connectivity index (χ4n) is 1.65. The lowest BCUT2D eigenvalue weighted by Crippen LogP contribution is -2.45. The third kappa shape index (κ3) is 3.90. The van der Waals surface area contributed by atoms with Gasteiger partial charge in [-0.3, -0.25) is 4.79 Å². The summed E-state index contributed by atoms with van der Waals surface area (Å²) < 4.78 is 4.93. The number of rotatable bonds is 4. The number of carbonyl (C=O) groups is 3. The Morgan fingerprint density at radius 2 is 1.83 bits per heavy atom. The molecule has 0 heterocycles. The highest BCUT2D eigenvalue weighted by Gasteiger charge is 2.51. The number of carbonyl (C=O) groups excluding carboxylic acids is 1. The topological polar surface area (TPSA) is 113 Å². The normalized spacial score (nSPS) is 23.9. The number of aliphatic carboxylic acids is 2. The number of alkyl carbamates (subject to hydrolysis) is 1. The van der Waals surface area contributed by atoms with Crippen LogP contribution < -0.4 is 5.32 Å². The summed E-state index contributed by atoms with van der Waals surface area (Å²) in [4.78, 5) is 33.1. The number of carboxylic acid groups (broad SMARTS) is 2. The maximum Gasteiger partial charge on any atom is 0.408 e. The first kappa shape index (κ1) is 14.3. The van der Waals surface area contributed by atoms with Crippen molar-refractivity contribution in [2.24, 2.45) is 11.8 Å². The standard InChI is InChI=1S/C11H17NO6/c1-11(2,3)18-10(17)12-7(9(15)16)5-4-6(5)8(13)14/h5-7H,4H2,1-3H3,(H,12,17)(H,13,14)(H,15,16)/t5-,6+,7+/m1/s1. The van der Waals surface area contributed by atoms with Gasteiger partial charge < -0.3 is 20.3 Å². The highest BCUT2D eigenvalue weighted by Crippen LogP contribution is 2.41. The molecule has 7 nitrogen and oxygen atoms in total. The van der Waals surface area contributed by atoms with Crippen molar-refractivity contribution in [2.45, 2.75) is 38.8 Å². The van der Waals surface area contributed by atoms with Crippen molar-refractivity contribution in [3.63, 3.8) is 0 Å². The summed E-state index contributed by atoms with van der Waals surface area (Å²) in [5.41, 5.74) is -0.733. The predicted molar refractivity (Wildman–Crippen MR) is 60.0 cm³/mol. The summed E-state index contributed by atoms with van der Waals surface area (Å²) in [6, 6.07) is -1.22. The smallest absolute Gasteiger partial charge is 0.408 e. The molecule has 0 aromatic heterocycles. The van der Waals surface area contributed by atoms with Gasteiger partial charge in [-0.25, -0.2) is 9.59 Å². The zero-order valence-electron chi connectivity index (χ0n) is 10.5. The molecule has 1 aliphatic carbocycles. The van der Waals surface area contributed by atoms with Crippen molar-refractivity contribution in [3.8, 4) is 0 Å². The van der Waals surface area contributed by atoms with Gasteiger partial charge in [-0.2, -0.15) is 0 Å². The molecular formula is C11H17NO6. The van der Waals surface area contributed by atoms with Crippen molar-refractivity contribution >= 4 is 18.0 Å². The van der Waals surface area contributed by atoms with Crippen molar-refractivity contribution < 1.29 is 29.3 Å². The highest BCUT2D eigenvalue weighted by atomic mass is 16.6. The number of ether oxygens (including phenoxy) is 1. The highest BCUT2D eigenvalue weighted by molar-refractivity contribution is 5.83. The number of hydrogen-bond acceptors (Lipinski definition) is 4. The summed E-state index contributed by atoms with van der Waals surface area (Å²) in [7, 11) is 0. The number of nitrogens with one attached hydrogen (secondary N) is 1. The molecule has 1 aliphatic rings. The van der Waals surface area contributed by atoms with E-state index in [0.717, 1.165) is 0 Å². The third-order valence-electron chi connectivity index (χ3n) is 2.52. The molecule has 0 spiro atoms. The van der Waals surface area contributed by atoms with E-state index in [1.807, 2.05) is 0 Å². The molecule has 7 heteroatoms. The van der Waals surface area contributed by atoms with Crippen LogP contribution in [0.25, 0.3) is 0 Å². The second-order valence-corrected chi connectivity index (χ2v) is 5.31. The minimum absolute atomic E-state index is 0.252. The van der Waals surface area contributed by atoms with Crippen molar-refractivity contribution in [1.82, 2.24) is 5.32 Å². The van der Waals surface area contributed by atoms with Gasteiger partial charge in [0.15, 0.2) is 0 Å². The van der Waals surface area contributed by atoms with Crippen LogP contribution in [0.5, 0.6) is 0 Å². The van der Waals surface area contributed by atoms with Gasteiger partial charge >= 0.3 is 18.0 Å². The largest absolute Gasteiger partial charge is 0.481 e. The summed E-state index contributed by atoms with van der Waals surface area (Å²) in [5.74, 6) is -3.58. The Labute approximate surface area is 104 Å². The van der Waals surface area contributed by atoms with Crippen LogP contribution in [-0.2, 0) is 14.3 Å². The number of carboxylic acids is 2. The second-order valence-electron chi connectivity index (χ2n) is 5.31. The molecule has 0 aliphatic heterocycles. The molecule has 3 atom stereocenters. The molecule has 3 N–H and O–H groups in total. The quantitative estimate of drug-likeness (QED) is 0.684. The number of amides is 1.